The monoisotopic (exact) mass is 579 g/mol. The van der Waals surface area contributed by atoms with Crippen molar-refractivity contribution in [1.82, 2.24) is 14.7 Å². The SMILES string of the molecule is C=C1CCN(CCC2(CCC(=O)c3cccc4nn(C)cc34)CCC(N)CC2)CCCS/C(OCC(F)(F)F)=N\1. The molecule has 0 atom stereocenters. The number of aliphatic imine (C=N–C) groups is 1. The van der Waals surface area contributed by atoms with Gasteiger partial charge in [-0.15, -0.1) is 0 Å². The van der Waals surface area contributed by atoms with Gasteiger partial charge in [0.25, 0.3) is 5.23 Å². The second kappa shape index (κ2) is 13.5. The molecule has 1 aliphatic carbocycles. The van der Waals surface area contributed by atoms with Crippen LogP contribution in [0.5, 0.6) is 0 Å². The Bertz CT molecular complexity index is 1200. The highest BCUT2D eigenvalue weighted by Crippen LogP contribution is 2.43. The normalized spacial score (nSPS) is 25.0. The molecule has 1 saturated carbocycles. The molecule has 2 aromatic rings. The van der Waals surface area contributed by atoms with Gasteiger partial charge in [0.05, 0.1) is 5.52 Å². The van der Waals surface area contributed by atoms with Crippen LogP contribution in [0.2, 0.25) is 0 Å². The van der Waals surface area contributed by atoms with Crippen LogP contribution in [0.15, 0.2) is 41.7 Å². The molecule has 1 aliphatic heterocycles. The van der Waals surface area contributed by atoms with Crippen molar-refractivity contribution in [3.05, 3.63) is 42.2 Å². The zero-order valence-corrected chi connectivity index (χ0v) is 24.0. The van der Waals surface area contributed by atoms with Crippen molar-refractivity contribution < 1.29 is 22.7 Å². The minimum atomic E-state index is -4.40. The zero-order valence-electron chi connectivity index (χ0n) is 23.2. The number of carbonyl (C=O) groups is 1. The fraction of sp³-hybridized carbons (Fsp3) is 0.621. The molecular weight excluding hydrogens is 539 g/mol. The first kappa shape index (κ1) is 30.6. The minimum absolute atomic E-state index is 0.0416. The van der Waals surface area contributed by atoms with Crippen LogP contribution in [0.1, 0.15) is 68.1 Å². The number of nitrogens with two attached hydrogens (primary N) is 1. The van der Waals surface area contributed by atoms with E-state index in [0.29, 0.717) is 24.3 Å². The summed E-state index contributed by atoms with van der Waals surface area (Å²) in [6, 6.07) is 5.94. The summed E-state index contributed by atoms with van der Waals surface area (Å²) in [7, 11) is 1.87. The van der Waals surface area contributed by atoms with Crippen LogP contribution in [0.4, 0.5) is 13.2 Å². The Morgan fingerprint density at radius 2 is 2.02 bits per heavy atom. The first-order chi connectivity index (χ1) is 19.0. The molecule has 2 aliphatic rings. The Morgan fingerprint density at radius 3 is 2.77 bits per heavy atom. The third-order valence-electron chi connectivity index (χ3n) is 8.07. The number of hydrogen-bond acceptors (Lipinski definition) is 7. The average molecular weight is 580 g/mol. The van der Waals surface area contributed by atoms with Crippen LogP contribution in [0.3, 0.4) is 0 Å². The number of nitrogens with zero attached hydrogens (tertiary/aromatic N) is 4. The van der Waals surface area contributed by atoms with Crippen molar-refractivity contribution >= 4 is 33.7 Å². The van der Waals surface area contributed by atoms with Crippen LogP contribution in [0, 0.1) is 5.41 Å². The van der Waals surface area contributed by atoms with Gasteiger partial charge in [0, 0.05) is 61.1 Å². The number of hydrogen-bond donors (Lipinski definition) is 1. The van der Waals surface area contributed by atoms with Crippen LogP contribution < -0.4 is 5.73 Å². The van der Waals surface area contributed by atoms with Gasteiger partial charge >= 0.3 is 6.18 Å². The second-order valence-electron chi connectivity index (χ2n) is 11.2. The molecule has 0 spiro atoms. The highest BCUT2D eigenvalue weighted by molar-refractivity contribution is 8.13. The number of thioether (sulfide) groups is 1. The molecule has 1 aromatic heterocycles. The Kier molecular flexibility index (Phi) is 10.3. The predicted octanol–water partition coefficient (Wildman–Crippen LogP) is 6.09. The highest BCUT2D eigenvalue weighted by atomic mass is 32.2. The van der Waals surface area contributed by atoms with Gasteiger partial charge in [-0.25, -0.2) is 4.99 Å². The summed E-state index contributed by atoms with van der Waals surface area (Å²) >= 11 is 1.21. The Balaban J connectivity index is 1.36. The van der Waals surface area contributed by atoms with Crippen LogP contribution in [-0.2, 0) is 11.8 Å². The van der Waals surface area contributed by atoms with Crippen molar-refractivity contribution in [2.45, 2.75) is 70.0 Å². The van der Waals surface area contributed by atoms with Gasteiger partial charge in [-0.2, -0.15) is 18.3 Å². The number of rotatable bonds is 8. The average Bonchev–Trinajstić information content (AvgIpc) is 3.30. The molecule has 1 aromatic carbocycles. The van der Waals surface area contributed by atoms with Gasteiger partial charge in [-0.1, -0.05) is 30.5 Å². The van der Waals surface area contributed by atoms with Gasteiger partial charge in [-0.3, -0.25) is 9.48 Å². The number of fused-ring (bicyclic) bond motifs is 1. The maximum atomic E-state index is 13.4. The van der Waals surface area contributed by atoms with E-state index in [-0.39, 0.29) is 22.5 Å². The van der Waals surface area contributed by atoms with Crippen molar-refractivity contribution in [1.29, 1.82) is 0 Å². The summed E-state index contributed by atoms with van der Waals surface area (Å²) in [5.41, 5.74) is 8.41. The number of aryl methyl sites for hydroxylation is 1. The summed E-state index contributed by atoms with van der Waals surface area (Å²) in [5, 5.41) is 5.38. The number of ether oxygens (including phenoxy) is 1. The summed E-state index contributed by atoms with van der Waals surface area (Å²) in [5.74, 6) is 0.774. The third kappa shape index (κ3) is 8.81. The molecule has 220 valence electrons. The van der Waals surface area contributed by atoms with Crippen LogP contribution >= 0.6 is 11.8 Å². The number of ketones is 1. The molecule has 2 N–H and O–H groups in total. The number of benzene rings is 1. The Labute approximate surface area is 238 Å². The molecule has 40 heavy (non-hydrogen) atoms. The minimum Gasteiger partial charge on any atom is -0.463 e. The molecule has 7 nitrogen and oxygen atoms in total. The zero-order chi connectivity index (χ0) is 28.8. The van der Waals surface area contributed by atoms with Crippen molar-refractivity contribution in [3.8, 4) is 0 Å². The van der Waals surface area contributed by atoms with E-state index in [0.717, 1.165) is 81.0 Å². The maximum absolute atomic E-state index is 13.4. The highest BCUT2D eigenvalue weighted by Gasteiger charge is 2.35. The fourth-order valence-electron chi connectivity index (χ4n) is 5.70. The molecule has 1 fully saturated rings. The third-order valence-corrected chi connectivity index (χ3v) is 9.02. The second-order valence-corrected chi connectivity index (χ2v) is 12.2. The molecule has 0 bridgehead atoms. The largest absolute Gasteiger partial charge is 0.463 e. The summed E-state index contributed by atoms with van der Waals surface area (Å²) in [6.45, 7) is 5.06. The van der Waals surface area contributed by atoms with E-state index in [1.165, 1.54) is 11.8 Å². The lowest BCUT2D eigenvalue weighted by Gasteiger charge is -2.41. The Hall–Kier alpha value is -2.37. The summed E-state index contributed by atoms with van der Waals surface area (Å²) in [4.78, 5) is 20.0. The first-order valence-corrected chi connectivity index (χ1v) is 15.0. The number of alkyl halides is 3. The lowest BCUT2D eigenvalue weighted by molar-refractivity contribution is -0.155. The topological polar surface area (TPSA) is 85.7 Å². The standard InChI is InChI=1S/C29H40F3N5O2S/c1-21-10-16-37(15-4-18-40-27(34-21)39-20-29(30,31)32)17-14-28(11-7-22(33)8-12-28)13-9-26(38)23-5-3-6-25-24(23)19-36(2)35-25/h3,5-6,19,22H,1,4,7-18,20,33H2,2H3/b34-27-. The molecule has 0 amide bonds. The number of halogens is 3. The van der Waals surface area contributed by atoms with E-state index >= 15 is 0 Å². The molecule has 4 rings (SSSR count). The molecule has 11 heteroatoms. The lowest BCUT2D eigenvalue weighted by atomic mass is 9.67. The molecule has 2 heterocycles. The van der Waals surface area contributed by atoms with Crippen LogP contribution in [0.25, 0.3) is 10.9 Å². The van der Waals surface area contributed by atoms with E-state index < -0.39 is 12.8 Å². The van der Waals surface area contributed by atoms with Crippen LogP contribution in [-0.4, -0.2) is 69.9 Å². The van der Waals surface area contributed by atoms with Gasteiger partial charge < -0.3 is 15.4 Å². The number of aromatic nitrogens is 2. The molecule has 0 saturated heterocycles. The van der Waals surface area contributed by atoms with Crippen molar-refractivity contribution in [2.75, 3.05) is 32.0 Å². The first-order valence-electron chi connectivity index (χ1n) is 14.0. The fourth-order valence-corrected chi connectivity index (χ4v) is 6.48. The summed E-state index contributed by atoms with van der Waals surface area (Å²) < 4.78 is 44.4. The molecule has 0 radical (unpaired) electrons. The van der Waals surface area contributed by atoms with Gasteiger partial charge in [0.15, 0.2) is 12.4 Å². The number of Topliss-reactive ketones (excluding diaryl/α,β-unsaturated/α-hetero) is 1. The van der Waals surface area contributed by atoms with E-state index in [9.17, 15) is 18.0 Å². The maximum Gasteiger partial charge on any atom is 0.422 e. The predicted molar refractivity (Wildman–Crippen MR) is 154 cm³/mol. The Morgan fingerprint density at radius 1 is 1.25 bits per heavy atom. The van der Waals surface area contributed by atoms with Crippen molar-refractivity contribution in [3.63, 3.8) is 0 Å². The van der Waals surface area contributed by atoms with Gasteiger partial charge in [0.2, 0.25) is 0 Å². The van der Waals surface area contributed by atoms with E-state index in [2.05, 4.69) is 21.6 Å². The lowest BCUT2D eigenvalue weighted by Crippen LogP contribution is -2.38. The van der Waals surface area contributed by atoms with E-state index in [4.69, 9.17) is 10.5 Å². The number of carbonyl (C=O) groups excluding carboxylic acids is 1. The molecular formula is C29H40F3N5O2S. The van der Waals surface area contributed by atoms with E-state index in [1.807, 2.05) is 31.4 Å². The smallest absolute Gasteiger partial charge is 0.422 e. The van der Waals surface area contributed by atoms with Gasteiger partial charge in [-0.05, 0) is 69.5 Å². The van der Waals surface area contributed by atoms with Crippen molar-refractivity contribution in [2.24, 2.45) is 23.2 Å². The van der Waals surface area contributed by atoms with E-state index in [1.54, 1.807) is 4.68 Å². The molecule has 0 unspecified atom stereocenters. The summed E-state index contributed by atoms with van der Waals surface area (Å²) in [6.07, 6.45) is 5.15. The quantitative estimate of drug-likeness (QED) is 0.381. The van der Waals surface area contributed by atoms with Gasteiger partial charge in [0.1, 0.15) is 0 Å².